The smallest absolute Gasteiger partial charge is 0.306 e. The molecule has 0 aliphatic rings. The van der Waals surface area contributed by atoms with Crippen molar-refractivity contribution in [3.05, 3.63) is 0 Å². The third-order valence-corrected chi connectivity index (χ3v) is 13.6. The Balaban J connectivity index is 4.26. The molecule has 6 nitrogen and oxygen atoms in total. The average Bonchev–Trinajstić information content (AvgIpc) is 3.30. The van der Waals surface area contributed by atoms with Crippen LogP contribution in [0.15, 0.2) is 0 Å². The number of ether oxygens (including phenoxy) is 3. The van der Waals surface area contributed by atoms with Crippen molar-refractivity contribution in [2.45, 2.75) is 348 Å². The largest absolute Gasteiger partial charge is 0.462 e. The summed E-state index contributed by atoms with van der Waals surface area (Å²) in [4.78, 5) is 38.1. The van der Waals surface area contributed by atoms with Gasteiger partial charge in [-0.25, -0.2) is 0 Å². The molecule has 0 N–H and O–H groups in total. The molecule has 0 saturated heterocycles. The molecule has 0 spiro atoms. The van der Waals surface area contributed by atoms with Gasteiger partial charge in [-0.15, -0.1) is 0 Å². The molecule has 0 saturated carbocycles. The van der Waals surface area contributed by atoms with E-state index in [0.717, 1.165) is 57.8 Å². The quantitative estimate of drug-likeness (QED) is 0.0344. The third kappa shape index (κ3) is 53.2. The molecule has 0 heterocycles. The molecule has 0 aromatic rings. The average molecular weight is 920 g/mol. The molecule has 0 aromatic heterocycles. The number of esters is 3. The summed E-state index contributed by atoms with van der Waals surface area (Å²) in [5, 5.41) is 0. The lowest BCUT2D eigenvalue weighted by Gasteiger charge is -2.18. The highest BCUT2D eigenvalue weighted by Crippen LogP contribution is 2.18. The van der Waals surface area contributed by atoms with E-state index in [1.165, 1.54) is 244 Å². The molecule has 0 rings (SSSR count). The van der Waals surface area contributed by atoms with Crippen LogP contribution in [0.25, 0.3) is 0 Å². The van der Waals surface area contributed by atoms with E-state index in [2.05, 4.69) is 20.8 Å². The zero-order valence-corrected chi connectivity index (χ0v) is 44.3. The Bertz CT molecular complexity index is 967. The molecule has 0 aromatic carbocycles. The molecule has 0 unspecified atom stereocenters. The SMILES string of the molecule is CCCCCCCCCCCCCCCCCCCCC(=O)O[C@@H](COC(=O)CCCCCCCCCCCCCC)COC(=O)CCCCCCCCCCCCCCCCCCC. The maximum Gasteiger partial charge on any atom is 0.306 e. The topological polar surface area (TPSA) is 78.9 Å². The monoisotopic (exact) mass is 919 g/mol. The summed E-state index contributed by atoms with van der Waals surface area (Å²) in [6.07, 6.45) is 60.9. The van der Waals surface area contributed by atoms with Gasteiger partial charge in [0, 0.05) is 19.3 Å². The van der Waals surface area contributed by atoms with Gasteiger partial charge in [0.25, 0.3) is 0 Å². The van der Waals surface area contributed by atoms with E-state index in [0.29, 0.717) is 19.3 Å². The molecular formula is C59H114O6. The van der Waals surface area contributed by atoms with Crippen molar-refractivity contribution < 1.29 is 28.6 Å². The highest BCUT2D eigenvalue weighted by atomic mass is 16.6. The first kappa shape index (κ1) is 63.4. The van der Waals surface area contributed by atoms with E-state index in [9.17, 15) is 14.4 Å². The number of hydrogen-bond donors (Lipinski definition) is 0. The molecule has 386 valence electrons. The van der Waals surface area contributed by atoms with Gasteiger partial charge in [0.05, 0.1) is 0 Å². The lowest BCUT2D eigenvalue weighted by Crippen LogP contribution is -2.30. The second kappa shape index (κ2) is 55.0. The second-order valence-corrected chi connectivity index (χ2v) is 20.3. The van der Waals surface area contributed by atoms with E-state index in [1.807, 2.05) is 0 Å². The van der Waals surface area contributed by atoms with Gasteiger partial charge < -0.3 is 14.2 Å². The van der Waals surface area contributed by atoms with Crippen LogP contribution in [-0.4, -0.2) is 37.2 Å². The maximum atomic E-state index is 12.9. The van der Waals surface area contributed by atoms with E-state index >= 15 is 0 Å². The number of rotatable bonds is 55. The van der Waals surface area contributed by atoms with Crippen LogP contribution in [0.1, 0.15) is 342 Å². The second-order valence-electron chi connectivity index (χ2n) is 20.3. The van der Waals surface area contributed by atoms with Crippen molar-refractivity contribution in [1.29, 1.82) is 0 Å². The van der Waals surface area contributed by atoms with Gasteiger partial charge in [-0.3, -0.25) is 14.4 Å². The van der Waals surface area contributed by atoms with Crippen molar-refractivity contribution in [2.75, 3.05) is 13.2 Å². The molecule has 0 amide bonds. The van der Waals surface area contributed by atoms with Crippen LogP contribution in [-0.2, 0) is 28.6 Å². The summed E-state index contributed by atoms with van der Waals surface area (Å²) in [7, 11) is 0. The lowest BCUT2D eigenvalue weighted by atomic mass is 10.0. The van der Waals surface area contributed by atoms with Gasteiger partial charge in [0.2, 0.25) is 0 Å². The van der Waals surface area contributed by atoms with Crippen LogP contribution >= 0.6 is 0 Å². The molecular weight excluding hydrogens is 805 g/mol. The molecule has 65 heavy (non-hydrogen) atoms. The van der Waals surface area contributed by atoms with Gasteiger partial charge in [-0.2, -0.15) is 0 Å². The van der Waals surface area contributed by atoms with Gasteiger partial charge in [0.1, 0.15) is 13.2 Å². The number of carbonyl (C=O) groups excluding carboxylic acids is 3. The van der Waals surface area contributed by atoms with Crippen LogP contribution < -0.4 is 0 Å². The van der Waals surface area contributed by atoms with Gasteiger partial charge in [0.15, 0.2) is 6.10 Å². The fraction of sp³-hybridized carbons (Fsp3) is 0.949. The van der Waals surface area contributed by atoms with Crippen LogP contribution in [0, 0.1) is 0 Å². The summed E-state index contributed by atoms with van der Waals surface area (Å²) >= 11 is 0. The molecule has 0 fully saturated rings. The molecule has 0 aliphatic heterocycles. The van der Waals surface area contributed by atoms with Gasteiger partial charge in [-0.1, -0.05) is 303 Å². The minimum absolute atomic E-state index is 0.0610. The fourth-order valence-corrected chi connectivity index (χ4v) is 9.15. The van der Waals surface area contributed by atoms with Crippen molar-refractivity contribution in [3.8, 4) is 0 Å². The highest BCUT2D eigenvalue weighted by molar-refractivity contribution is 5.71. The number of unbranched alkanes of at least 4 members (excludes halogenated alkanes) is 44. The minimum Gasteiger partial charge on any atom is -0.462 e. The van der Waals surface area contributed by atoms with E-state index < -0.39 is 6.10 Å². The Hall–Kier alpha value is -1.59. The van der Waals surface area contributed by atoms with E-state index in [4.69, 9.17) is 14.2 Å². The summed E-state index contributed by atoms with van der Waals surface area (Å²) in [6, 6.07) is 0. The van der Waals surface area contributed by atoms with Crippen molar-refractivity contribution >= 4 is 17.9 Å². The van der Waals surface area contributed by atoms with Crippen LogP contribution in [0.5, 0.6) is 0 Å². The highest BCUT2D eigenvalue weighted by Gasteiger charge is 2.19. The molecule has 6 heteroatoms. The van der Waals surface area contributed by atoms with Crippen LogP contribution in [0.2, 0.25) is 0 Å². The molecule has 1 atom stereocenters. The minimum atomic E-state index is -0.761. The Kier molecular flexibility index (Phi) is 53.7. The van der Waals surface area contributed by atoms with E-state index in [1.54, 1.807) is 0 Å². The van der Waals surface area contributed by atoms with E-state index in [-0.39, 0.29) is 31.1 Å². The normalized spacial score (nSPS) is 11.9. The standard InChI is InChI=1S/C59H114O6/c1-4-7-10-13-16-19-22-25-27-29-31-33-35-38-41-44-47-50-53-59(62)65-56(54-63-57(60)51-48-45-42-39-36-24-21-18-15-12-9-6-3)55-64-58(61)52-49-46-43-40-37-34-32-30-28-26-23-20-17-14-11-8-5-2/h56H,4-55H2,1-3H3/t56-/m0/s1. The van der Waals surface area contributed by atoms with Crippen LogP contribution in [0.4, 0.5) is 0 Å². The zero-order chi connectivity index (χ0) is 47.2. The lowest BCUT2D eigenvalue weighted by molar-refractivity contribution is -0.167. The summed E-state index contributed by atoms with van der Waals surface area (Å²) < 4.78 is 16.9. The van der Waals surface area contributed by atoms with Crippen molar-refractivity contribution in [3.63, 3.8) is 0 Å². The zero-order valence-electron chi connectivity index (χ0n) is 44.3. The first-order valence-electron chi connectivity index (χ1n) is 29.5. The van der Waals surface area contributed by atoms with Gasteiger partial charge in [-0.05, 0) is 19.3 Å². The van der Waals surface area contributed by atoms with Crippen LogP contribution in [0.3, 0.4) is 0 Å². The molecule has 0 aliphatic carbocycles. The van der Waals surface area contributed by atoms with Crippen molar-refractivity contribution in [2.24, 2.45) is 0 Å². The summed E-state index contributed by atoms with van der Waals surface area (Å²) in [5.74, 6) is -0.831. The predicted octanol–water partition coefficient (Wildman–Crippen LogP) is 19.5. The number of hydrogen-bond acceptors (Lipinski definition) is 6. The Morgan fingerprint density at radius 2 is 0.415 bits per heavy atom. The first-order valence-corrected chi connectivity index (χ1v) is 29.5. The van der Waals surface area contributed by atoms with Gasteiger partial charge >= 0.3 is 17.9 Å². The molecule has 0 bridgehead atoms. The van der Waals surface area contributed by atoms with Crippen molar-refractivity contribution in [1.82, 2.24) is 0 Å². The third-order valence-electron chi connectivity index (χ3n) is 13.6. The Morgan fingerprint density at radius 3 is 0.615 bits per heavy atom. The summed E-state index contributed by atoms with van der Waals surface area (Å²) in [6.45, 7) is 6.71. The Labute approximate surface area is 406 Å². The fourth-order valence-electron chi connectivity index (χ4n) is 9.15. The predicted molar refractivity (Wildman–Crippen MR) is 280 cm³/mol. The molecule has 0 radical (unpaired) electrons. The number of carbonyl (C=O) groups is 3. The maximum absolute atomic E-state index is 12.9. The summed E-state index contributed by atoms with van der Waals surface area (Å²) in [5.41, 5.74) is 0. The first-order chi connectivity index (χ1) is 32.0. The Morgan fingerprint density at radius 1 is 0.246 bits per heavy atom.